The number of nitrogen functional groups attached to an aromatic ring is 1. The number of carboxylic acids is 1. The van der Waals surface area contributed by atoms with Crippen molar-refractivity contribution in [2.45, 2.75) is 38.4 Å². The third kappa shape index (κ3) is 3.63. The molecule has 0 amide bonds. The van der Waals surface area contributed by atoms with Crippen molar-refractivity contribution in [3.05, 3.63) is 24.3 Å². The Morgan fingerprint density at radius 2 is 2.20 bits per heavy atom. The summed E-state index contributed by atoms with van der Waals surface area (Å²) >= 11 is 0. The van der Waals surface area contributed by atoms with Gasteiger partial charge < -0.3 is 20.5 Å². The molecular formula is C15H22N2O3. The van der Waals surface area contributed by atoms with Crippen LogP contribution in [0.2, 0.25) is 0 Å². The number of carbonyl (C=O) groups is 1. The van der Waals surface area contributed by atoms with Gasteiger partial charge in [0.15, 0.2) is 0 Å². The van der Waals surface area contributed by atoms with Crippen LogP contribution in [0, 0.1) is 0 Å². The zero-order valence-corrected chi connectivity index (χ0v) is 12.0. The number of carboxylic acid groups (broad SMARTS) is 1. The van der Waals surface area contributed by atoms with Gasteiger partial charge in [-0.25, -0.2) is 0 Å². The normalized spacial score (nSPS) is 20.8. The van der Waals surface area contributed by atoms with Gasteiger partial charge in [0.2, 0.25) is 0 Å². The fourth-order valence-corrected chi connectivity index (χ4v) is 2.64. The molecule has 3 N–H and O–H groups in total. The molecule has 1 fully saturated rings. The number of benzene rings is 1. The van der Waals surface area contributed by atoms with Gasteiger partial charge in [-0.05, 0) is 38.8 Å². The van der Waals surface area contributed by atoms with Gasteiger partial charge in [-0.15, -0.1) is 0 Å². The van der Waals surface area contributed by atoms with Gasteiger partial charge in [0, 0.05) is 6.54 Å². The summed E-state index contributed by atoms with van der Waals surface area (Å²) in [5, 5.41) is 9.09. The van der Waals surface area contributed by atoms with E-state index in [0.29, 0.717) is 12.2 Å². The van der Waals surface area contributed by atoms with E-state index in [1.165, 1.54) is 0 Å². The molecule has 5 nitrogen and oxygen atoms in total. The molecule has 2 rings (SSSR count). The minimum Gasteiger partial charge on any atom is -0.480 e. The summed E-state index contributed by atoms with van der Waals surface area (Å²) in [4.78, 5) is 12.9. The highest BCUT2D eigenvalue weighted by molar-refractivity contribution is 5.77. The Morgan fingerprint density at radius 1 is 1.50 bits per heavy atom. The minimum absolute atomic E-state index is 0.0453. The number of nitrogens with two attached hydrogens (primary N) is 1. The zero-order chi connectivity index (χ0) is 14.8. The maximum Gasteiger partial charge on any atom is 0.323 e. The lowest BCUT2D eigenvalue weighted by Gasteiger charge is -2.28. The molecule has 110 valence electrons. The van der Waals surface area contributed by atoms with Crippen LogP contribution >= 0.6 is 0 Å². The second kappa shape index (κ2) is 5.71. The third-order valence-corrected chi connectivity index (χ3v) is 3.58. The van der Waals surface area contributed by atoms with E-state index in [1.54, 1.807) is 11.0 Å². The van der Waals surface area contributed by atoms with E-state index in [0.717, 1.165) is 18.5 Å². The first-order chi connectivity index (χ1) is 9.37. The van der Waals surface area contributed by atoms with Crippen LogP contribution in [-0.4, -0.2) is 35.9 Å². The molecule has 0 bridgehead atoms. The standard InChI is InChI=1S/C15H22N2O3/c1-15(2)8-7-11(20-15)9-17(10-14(18)19)13-6-4-3-5-12(13)16/h3-6,11H,7-10,16H2,1-2H3,(H,18,19). The lowest BCUT2D eigenvalue weighted by atomic mass is 10.1. The van der Waals surface area contributed by atoms with Crippen molar-refractivity contribution in [1.29, 1.82) is 0 Å². The van der Waals surface area contributed by atoms with Crippen LogP contribution in [0.3, 0.4) is 0 Å². The Kier molecular flexibility index (Phi) is 4.18. The zero-order valence-electron chi connectivity index (χ0n) is 12.0. The number of ether oxygens (including phenoxy) is 1. The predicted molar refractivity (Wildman–Crippen MR) is 78.9 cm³/mol. The summed E-state index contributed by atoms with van der Waals surface area (Å²) in [7, 11) is 0. The lowest BCUT2D eigenvalue weighted by molar-refractivity contribution is -0.135. The van der Waals surface area contributed by atoms with Crippen LogP contribution in [0.25, 0.3) is 0 Å². The van der Waals surface area contributed by atoms with Crippen molar-refractivity contribution < 1.29 is 14.6 Å². The Bertz CT molecular complexity index is 488. The highest BCUT2D eigenvalue weighted by Gasteiger charge is 2.33. The number of hydrogen-bond donors (Lipinski definition) is 2. The maximum absolute atomic E-state index is 11.1. The molecule has 1 aliphatic rings. The summed E-state index contributed by atoms with van der Waals surface area (Å²) in [6.07, 6.45) is 1.97. The van der Waals surface area contributed by atoms with Gasteiger partial charge in [0.25, 0.3) is 0 Å². The van der Waals surface area contributed by atoms with Gasteiger partial charge in [-0.2, -0.15) is 0 Å². The summed E-state index contributed by atoms with van der Waals surface area (Å²) in [5.41, 5.74) is 7.17. The first-order valence-electron chi connectivity index (χ1n) is 6.86. The molecule has 5 heteroatoms. The largest absolute Gasteiger partial charge is 0.480 e. The van der Waals surface area contributed by atoms with Gasteiger partial charge in [0.05, 0.1) is 23.1 Å². The quantitative estimate of drug-likeness (QED) is 0.807. The molecule has 1 aromatic rings. The van der Waals surface area contributed by atoms with Gasteiger partial charge in [0.1, 0.15) is 6.54 Å². The molecule has 0 radical (unpaired) electrons. The Labute approximate surface area is 119 Å². The smallest absolute Gasteiger partial charge is 0.323 e. The third-order valence-electron chi connectivity index (χ3n) is 3.58. The van der Waals surface area contributed by atoms with E-state index in [9.17, 15) is 4.79 Å². The van der Waals surface area contributed by atoms with Crippen molar-refractivity contribution in [2.24, 2.45) is 0 Å². The molecule has 1 unspecified atom stereocenters. The molecule has 1 saturated heterocycles. The number of aliphatic carboxylic acids is 1. The average Bonchev–Trinajstić information content (AvgIpc) is 2.68. The molecule has 1 atom stereocenters. The molecular weight excluding hydrogens is 256 g/mol. The number of hydrogen-bond acceptors (Lipinski definition) is 4. The molecule has 0 aromatic heterocycles. The number of para-hydroxylation sites is 2. The van der Waals surface area contributed by atoms with Crippen molar-refractivity contribution in [3.8, 4) is 0 Å². The predicted octanol–water partition coefficient (Wildman–Crippen LogP) is 2.12. The van der Waals surface area contributed by atoms with Crippen molar-refractivity contribution in [1.82, 2.24) is 0 Å². The molecule has 0 aliphatic carbocycles. The van der Waals surface area contributed by atoms with Crippen LogP contribution in [0.1, 0.15) is 26.7 Å². The van der Waals surface area contributed by atoms with Gasteiger partial charge >= 0.3 is 5.97 Å². The first kappa shape index (κ1) is 14.7. The molecule has 1 heterocycles. The van der Waals surface area contributed by atoms with E-state index in [4.69, 9.17) is 15.6 Å². The number of nitrogens with zero attached hydrogens (tertiary/aromatic N) is 1. The Morgan fingerprint density at radius 3 is 2.75 bits per heavy atom. The average molecular weight is 278 g/mol. The Balaban J connectivity index is 2.13. The van der Waals surface area contributed by atoms with Crippen LogP contribution in [0.15, 0.2) is 24.3 Å². The first-order valence-corrected chi connectivity index (χ1v) is 6.86. The Hall–Kier alpha value is -1.75. The molecule has 0 spiro atoms. The van der Waals surface area contributed by atoms with Gasteiger partial charge in [-0.3, -0.25) is 4.79 Å². The topological polar surface area (TPSA) is 75.8 Å². The van der Waals surface area contributed by atoms with E-state index in [1.807, 2.05) is 18.2 Å². The fraction of sp³-hybridized carbons (Fsp3) is 0.533. The van der Waals surface area contributed by atoms with Crippen LogP contribution < -0.4 is 10.6 Å². The fourth-order valence-electron chi connectivity index (χ4n) is 2.64. The highest BCUT2D eigenvalue weighted by Crippen LogP contribution is 2.31. The van der Waals surface area contributed by atoms with E-state index in [-0.39, 0.29) is 18.2 Å². The van der Waals surface area contributed by atoms with Crippen LogP contribution in [0.4, 0.5) is 11.4 Å². The van der Waals surface area contributed by atoms with Crippen molar-refractivity contribution >= 4 is 17.3 Å². The number of anilines is 2. The molecule has 1 aliphatic heterocycles. The van der Waals surface area contributed by atoms with E-state index >= 15 is 0 Å². The second-order valence-electron chi connectivity index (χ2n) is 5.87. The SMILES string of the molecule is CC1(C)CCC(CN(CC(=O)O)c2ccccc2N)O1. The number of rotatable bonds is 5. The van der Waals surface area contributed by atoms with Gasteiger partial charge in [-0.1, -0.05) is 12.1 Å². The summed E-state index contributed by atoms with van der Waals surface area (Å²) in [5.74, 6) is -0.870. The van der Waals surface area contributed by atoms with E-state index in [2.05, 4.69) is 13.8 Å². The molecule has 0 saturated carbocycles. The van der Waals surface area contributed by atoms with Crippen molar-refractivity contribution in [2.75, 3.05) is 23.7 Å². The van der Waals surface area contributed by atoms with Crippen molar-refractivity contribution in [3.63, 3.8) is 0 Å². The minimum atomic E-state index is -0.870. The summed E-state index contributed by atoms with van der Waals surface area (Å²) < 4.78 is 5.95. The van der Waals surface area contributed by atoms with Crippen LogP contribution in [-0.2, 0) is 9.53 Å². The highest BCUT2D eigenvalue weighted by atomic mass is 16.5. The maximum atomic E-state index is 11.1. The summed E-state index contributed by atoms with van der Waals surface area (Å²) in [6.45, 7) is 4.59. The molecule has 1 aromatic carbocycles. The molecule has 20 heavy (non-hydrogen) atoms. The van der Waals surface area contributed by atoms with Crippen LogP contribution in [0.5, 0.6) is 0 Å². The lowest BCUT2D eigenvalue weighted by Crippen LogP contribution is -2.37. The second-order valence-corrected chi connectivity index (χ2v) is 5.87. The van der Waals surface area contributed by atoms with E-state index < -0.39 is 5.97 Å². The monoisotopic (exact) mass is 278 g/mol. The summed E-state index contributed by atoms with van der Waals surface area (Å²) in [6, 6.07) is 7.33.